The fraction of sp³-hybridized carbons (Fsp3) is 0.320. The molecule has 32 heavy (non-hydrogen) atoms. The number of hydrogen-bond acceptors (Lipinski definition) is 5. The third-order valence-corrected chi connectivity index (χ3v) is 7.78. The van der Waals surface area contributed by atoms with Gasteiger partial charge in [0.2, 0.25) is 0 Å². The molecule has 0 spiro atoms. The van der Waals surface area contributed by atoms with Crippen molar-refractivity contribution in [3.05, 3.63) is 63.3 Å². The number of rotatable bonds is 7. The van der Waals surface area contributed by atoms with Gasteiger partial charge in [-0.15, -0.1) is 22.9 Å². The fourth-order valence-corrected chi connectivity index (χ4v) is 5.90. The summed E-state index contributed by atoms with van der Waals surface area (Å²) in [6.45, 7) is 1.40. The van der Waals surface area contributed by atoms with Gasteiger partial charge in [0.15, 0.2) is 5.78 Å². The molecule has 7 heteroatoms. The molecule has 1 aromatic heterocycles. The zero-order valence-electron chi connectivity index (χ0n) is 17.5. The van der Waals surface area contributed by atoms with Gasteiger partial charge in [0.25, 0.3) is 5.24 Å². The van der Waals surface area contributed by atoms with Gasteiger partial charge in [-0.1, -0.05) is 24.3 Å². The predicted octanol–water partition coefficient (Wildman–Crippen LogP) is 6.75. The Kier molecular flexibility index (Phi) is 6.99. The summed E-state index contributed by atoms with van der Waals surface area (Å²) < 4.78 is 5.51. The molecular weight excluding hydrogens is 467 g/mol. The normalized spacial score (nSPS) is 17.7. The molecule has 4 rings (SSSR count). The second kappa shape index (κ2) is 9.74. The Morgan fingerprint density at radius 3 is 2.47 bits per heavy atom. The lowest BCUT2D eigenvalue weighted by atomic mass is 9.74. The van der Waals surface area contributed by atoms with Gasteiger partial charge in [0.1, 0.15) is 5.75 Å². The first-order valence-corrected chi connectivity index (χ1v) is 12.2. The zero-order valence-corrected chi connectivity index (χ0v) is 19.9. The van der Waals surface area contributed by atoms with Crippen molar-refractivity contribution < 1.29 is 19.1 Å². The van der Waals surface area contributed by atoms with Crippen LogP contribution in [0.1, 0.15) is 62.6 Å². The van der Waals surface area contributed by atoms with E-state index in [9.17, 15) is 14.4 Å². The second-order valence-electron chi connectivity index (χ2n) is 8.14. The Morgan fingerprint density at radius 1 is 1.09 bits per heavy atom. The quantitative estimate of drug-likeness (QED) is 0.121. The minimum Gasteiger partial charge on any atom is -0.426 e. The van der Waals surface area contributed by atoms with E-state index in [1.54, 1.807) is 12.1 Å². The van der Waals surface area contributed by atoms with Crippen molar-refractivity contribution in [2.24, 2.45) is 5.92 Å². The molecule has 0 radical (unpaired) electrons. The number of hydrogen-bond donors (Lipinski definition) is 0. The summed E-state index contributed by atoms with van der Waals surface area (Å²) >= 11 is 13.0. The largest absolute Gasteiger partial charge is 0.426 e. The molecule has 0 saturated carbocycles. The number of Topliss-reactive ketones (excluding diaryl/α,β-unsaturated/α-hetero) is 1. The van der Waals surface area contributed by atoms with Crippen LogP contribution in [0.4, 0.5) is 0 Å². The highest BCUT2D eigenvalue weighted by molar-refractivity contribution is 7.17. The van der Waals surface area contributed by atoms with Crippen LogP contribution in [0.3, 0.4) is 0 Å². The highest BCUT2D eigenvalue weighted by atomic mass is 35.5. The lowest BCUT2D eigenvalue weighted by molar-refractivity contribution is -0.131. The first kappa shape index (κ1) is 23.0. The lowest BCUT2D eigenvalue weighted by Crippen LogP contribution is -2.21. The molecule has 0 fully saturated rings. The molecule has 4 nitrogen and oxygen atoms in total. The summed E-state index contributed by atoms with van der Waals surface area (Å²) in [5, 5.41) is 1.43. The highest BCUT2D eigenvalue weighted by Gasteiger charge is 2.30. The standard InChI is InChI=1S/C25H22Cl2O4S/c1-14(28)31-21-12-16-10-15(6-7-20(29)22-8-9-23(32-22)25(27)30)11-17(13-26)24(16)19-5-3-2-4-18(19)21/h2-5,8-9,12,15,17H,6-7,10-11,13H2,1H3. The summed E-state index contributed by atoms with van der Waals surface area (Å²) in [5.74, 6) is 1.17. The van der Waals surface area contributed by atoms with Gasteiger partial charge in [0, 0.05) is 24.6 Å². The number of halogens is 2. The van der Waals surface area contributed by atoms with Gasteiger partial charge >= 0.3 is 5.97 Å². The van der Waals surface area contributed by atoms with E-state index in [-0.39, 0.29) is 23.6 Å². The Morgan fingerprint density at radius 2 is 1.81 bits per heavy atom. The van der Waals surface area contributed by atoms with E-state index >= 15 is 0 Å². The Bertz CT molecular complexity index is 1200. The average molecular weight is 489 g/mol. The Labute approximate surface area is 200 Å². The number of carbonyl (C=O) groups excluding carboxylic acids is 3. The van der Waals surface area contributed by atoms with Crippen molar-refractivity contribution in [3.8, 4) is 5.75 Å². The summed E-state index contributed by atoms with van der Waals surface area (Å²) in [5.41, 5.74) is 2.35. The van der Waals surface area contributed by atoms with Crippen molar-refractivity contribution in [3.63, 3.8) is 0 Å². The van der Waals surface area contributed by atoms with Crippen LogP contribution in [0.2, 0.25) is 0 Å². The molecule has 1 heterocycles. The molecule has 0 aliphatic heterocycles. The van der Waals surface area contributed by atoms with Gasteiger partial charge < -0.3 is 4.74 Å². The fourth-order valence-electron chi connectivity index (χ4n) is 4.64. The molecule has 166 valence electrons. The molecule has 3 aromatic rings. The van der Waals surface area contributed by atoms with E-state index in [1.807, 2.05) is 24.3 Å². The van der Waals surface area contributed by atoms with Crippen LogP contribution >= 0.6 is 34.5 Å². The average Bonchev–Trinajstić information content (AvgIpc) is 3.27. The van der Waals surface area contributed by atoms with Crippen LogP contribution in [0.5, 0.6) is 5.75 Å². The zero-order chi connectivity index (χ0) is 22.8. The van der Waals surface area contributed by atoms with E-state index in [1.165, 1.54) is 12.5 Å². The number of ether oxygens (including phenoxy) is 1. The molecule has 2 unspecified atom stereocenters. The maximum absolute atomic E-state index is 12.6. The van der Waals surface area contributed by atoms with E-state index in [0.717, 1.165) is 46.9 Å². The van der Waals surface area contributed by atoms with Crippen molar-refractivity contribution in [2.45, 2.75) is 38.5 Å². The Hall–Kier alpha value is -2.21. The van der Waals surface area contributed by atoms with Gasteiger partial charge in [0.05, 0.1) is 9.75 Å². The number of esters is 1. The first-order valence-electron chi connectivity index (χ1n) is 10.5. The van der Waals surface area contributed by atoms with Crippen molar-refractivity contribution >= 4 is 62.3 Å². The molecule has 1 aliphatic carbocycles. The van der Waals surface area contributed by atoms with Crippen LogP contribution < -0.4 is 4.74 Å². The lowest BCUT2D eigenvalue weighted by Gasteiger charge is -2.32. The van der Waals surface area contributed by atoms with E-state index in [0.29, 0.717) is 27.8 Å². The molecule has 2 aromatic carbocycles. The smallest absolute Gasteiger partial charge is 0.308 e. The third kappa shape index (κ3) is 4.75. The van der Waals surface area contributed by atoms with E-state index < -0.39 is 5.24 Å². The number of fused-ring (bicyclic) bond motifs is 3. The summed E-state index contributed by atoms with van der Waals surface area (Å²) in [6, 6.07) is 13.2. The van der Waals surface area contributed by atoms with Crippen LogP contribution in [-0.4, -0.2) is 22.9 Å². The molecule has 0 bridgehead atoms. The summed E-state index contributed by atoms with van der Waals surface area (Å²) in [6.07, 6.45) is 2.82. The predicted molar refractivity (Wildman–Crippen MR) is 129 cm³/mol. The maximum atomic E-state index is 12.6. The van der Waals surface area contributed by atoms with Crippen LogP contribution in [0.15, 0.2) is 42.5 Å². The molecule has 0 N–H and O–H groups in total. The number of carbonyl (C=O) groups is 3. The maximum Gasteiger partial charge on any atom is 0.308 e. The molecule has 0 amide bonds. The first-order chi connectivity index (χ1) is 15.4. The van der Waals surface area contributed by atoms with Gasteiger partial charge in [-0.3, -0.25) is 14.4 Å². The topological polar surface area (TPSA) is 60.4 Å². The van der Waals surface area contributed by atoms with Crippen LogP contribution in [-0.2, 0) is 11.2 Å². The van der Waals surface area contributed by atoms with Crippen LogP contribution in [0, 0.1) is 5.92 Å². The molecule has 2 atom stereocenters. The molecule has 0 saturated heterocycles. The molecule has 1 aliphatic rings. The Balaban J connectivity index is 1.58. The van der Waals surface area contributed by atoms with Crippen LogP contribution in [0.25, 0.3) is 10.8 Å². The number of thiophene rings is 1. The molecular formula is C25H22Cl2O4S. The van der Waals surface area contributed by atoms with Crippen molar-refractivity contribution in [1.29, 1.82) is 0 Å². The van der Waals surface area contributed by atoms with Crippen molar-refractivity contribution in [1.82, 2.24) is 0 Å². The number of alkyl halides is 1. The van der Waals surface area contributed by atoms with Gasteiger partial charge in [-0.2, -0.15) is 0 Å². The third-order valence-electron chi connectivity index (χ3n) is 5.96. The van der Waals surface area contributed by atoms with Gasteiger partial charge in [-0.05, 0) is 77.4 Å². The van der Waals surface area contributed by atoms with Gasteiger partial charge in [-0.25, -0.2) is 0 Å². The highest BCUT2D eigenvalue weighted by Crippen LogP contribution is 2.44. The monoisotopic (exact) mass is 488 g/mol. The number of ketones is 1. The van der Waals surface area contributed by atoms with E-state index in [2.05, 4.69) is 6.07 Å². The van der Waals surface area contributed by atoms with Crippen molar-refractivity contribution in [2.75, 3.05) is 5.88 Å². The van der Waals surface area contributed by atoms with E-state index in [4.69, 9.17) is 27.9 Å². The number of benzene rings is 2. The SMILES string of the molecule is CC(=O)Oc1cc2c(c3ccccc13)C(CCl)CC(CCC(=O)c1ccc(C(=O)Cl)s1)C2. The minimum atomic E-state index is -0.543. The summed E-state index contributed by atoms with van der Waals surface area (Å²) in [7, 11) is 0. The minimum absolute atomic E-state index is 0.0199. The summed E-state index contributed by atoms with van der Waals surface area (Å²) in [4.78, 5) is 36.5. The second-order valence-corrected chi connectivity index (χ2v) is 9.88.